The summed E-state index contributed by atoms with van der Waals surface area (Å²) in [4.78, 5) is 45.6. The number of hydrogen-bond donors (Lipinski definition) is 3. The summed E-state index contributed by atoms with van der Waals surface area (Å²) in [7, 11) is -4.33. The van der Waals surface area contributed by atoms with Gasteiger partial charge in [0.15, 0.2) is 12.4 Å². The van der Waals surface area contributed by atoms with Gasteiger partial charge in [0.2, 0.25) is 0 Å². The molecule has 14 nitrogen and oxygen atoms in total. The molecule has 1 saturated heterocycles. The van der Waals surface area contributed by atoms with Gasteiger partial charge < -0.3 is 24.4 Å². The Labute approximate surface area is 252 Å². The molecule has 4 rings (SSSR count). The zero-order valence-corrected chi connectivity index (χ0v) is 25.2. The van der Waals surface area contributed by atoms with Gasteiger partial charge in [0.25, 0.3) is 11.5 Å². The Morgan fingerprint density at radius 1 is 1.18 bits per heavy atom. The molecule has 0 bridgehead atoms. The van der Waals surface area contributed by atoms with Crippen LogP contribution in [0, 0.1) is 6.92 Å². The average Bonchev–Trinajstić information content (AvgIpc) is 3.25. The first-order chi connectivity index (χ1) is 20.8. The van der Waals surface area contributed by atoms with Gasteiger partial charge >= 0.3 is 13.7 Å². The lowest BCUT2D eigenvalue weighted by Crippen LogP contribution is -2.37. The van der Waals surface area contributed by atoms with E-state index < -0.39 is 68.5 Å². The van der Waals surface area contributed by atoms with E-state index in [1.54, 1.807) is 39.0 Å². The number of anilines is 1. The van der Waals surface area contributed by atoms with Gasteiger partial charge in [0.1, 0.15) is 35.5 Å². The molecule has 0 radical (unpaired) electrons. The molecule has 1 amide bonds. The number of nitrogens with one attached hydrogen (secondary N) is 2. The van der Waals surface area contributed by atoms with Crippen LogP contribution in [0.3, 0.4) is 0 Å². The summed E-state index contributed by atoms with van der Waals surface area (Å²) in [6.45, 7) is 5.69. The fraction of sp³-hybridized carbons (Fsp3) is 0.393. The van der Waals surface area contributed by atoms with Crippen LogP contribution in [0.1, 0.15) is 43.3 Å². The van der Waals surface area contributed by atoms with E-state index >= 15 is 4.39 Å². The Morgan fingerprint density at radius 3 is 2.57 bits per heavy atom. The zero-order valence-electron chi connectivity index (χ0n) is 24.3. The minimum Gasteiger partial charge on any atom is -0.462 e. The lowest BCUT2D eigenvalue weighted by molar-refractivity contribution is -0.149. The van der Waals surface area contributed by atoms with Crippen LogP contribution in [-0.4, -0.2) is 68.7 Å². The number of esters is 1. The van der Waals surface area contributed by atoms with Gasteiger partial charge in [-0.15, -0.1) is 0 Å². The highest BCUT2D eigenvalue weighted by Gasteiger charge is 2.47. The standard InChI is InChI=1S/C28H33FN5O9P/c1-16(2)41-28(38)17(3)33-44(39,43-20-8-6-5-7-9-20)40-15-22-25(36)24(29)27(42-22)34-13-11-19(14-23(34)35)32-26(37)21-10-12-30-18(4)31-21/h5-14,16-17,22,24-25,27,36H,15H2,1-4H3,(H,32,37)(H,33,39)/t17-,22+,24+,25+,27+,44-/m0/s1. The second-order valence-electron chi connectivity index (χ2n) is 10.1. The van der Waals surface area contributed by atoms with Crippen molar-refractivity contribution >= 4 is 25.3 Å². The number of aliphatic hydroxyl groups excluding tert-OH is 1. The van der Waals surface area contributed by atoms with Crippen LogP contribution in [-0.2, 0) is 23.4 Å². The van der Waals surface area contributed by atoms with E-state index in [9.17, 15) is 24.1 Å². The third-order valence-corrected chi connectivity index (χ3v) is 7.86. The number of benzene rings is 1. The molecule has 0 saturated carbocycles. The third-order valence-electron chi connectivity index (χ3n) is 6.22. The fourth-order valence-electron chi connectivity index (χ4n) is 4.13. The van der Waals surface area contributed by atoms with Gasteiger partial charge in [-0.2, -0.15) is 5.09 Å². The van der Waals surface area contributed by atoms with Gasteiger partial charge in [-0.05, 0) is 52.0 Å². The number of nitrogens with zero attached hydrogens (tertiary/aromatic N) is 3. The highest BCUT2D eigenvalue weighted by Crippen LogP contribution is 2.46. The number of aliphatic hydroxyl groups is 1. The molecule has 6 atom stereocenters. The monoisotopic (exact) mass is 633 g/mol. The largest absolute Gasteiger partial charge is 0.462 e. The third kappa shape index (κ3) is 8.33. The number of hydrogen-bond acceptors (Lipinski definition) is 11. The van der Waals surface area contributed by atoms with E-state index in [1.807, 2.05) is 0 Å². The smallest absolute Gasteiger partial charge is 0.459 e. The van der Waals surface area contributed by atoms with E-state index in [-0.39, 0.29) is 17.1 Å². The highest BCUT2D eigenvalue weighted by molar-refractivity contribution is 7.52. The molecule has 1 aliphatic heterocycles. The number of halogens is 1. The Hall–Kier alpha value is -4.01. The molecule has 3 N–H and O–H groups in total. The number of para-hydroxylation sites is 1. The molecule has 0 spiro atoms. The van der Waals surface area contributed by atoms with Crippen molar-refractivity contribution in [2.24, 2.45) is 0 Å². The topological polar surface area (TPSA) is 180 Å². The molecular weight excluding hydrogens is 600 g/mol. The molecule has 236 valence electrons. The number of aromatic nitrogens is 3. The van der Waals surface area contributed by atoms with Crippen LogP contribution in [0.15, 0.2) is 65.7 Å². The van der Waals surface area contributed by atoms with E-state index in [2.05, 4.69) is 20.4 Å². The summed E-state index contributed by atoms with van der Waals surface area (Å²) in [5.41, 5.74) is -0.526. The molecule has 16 heteroatoms. The van der Waals surface area contributed by atoms with Gasteiger partial charge in [-0.25, -0.2) is 18.9 Å². The molecule has 44 heavy (non-hydrogen) atoms. The normalized spacial score (nSPS) is 21.8. The first kappa shape index (κ1) is 32.9. The Bertz CT molecular complexity index is 1570. The van der Waals surface area contributed by atoms with Crippen molar-refractivity contribution in [3.05, 3.63) is 82.8 Å². The number of aryl methyl sites for hydroxylation is 1. The summed E-state index contributed by atoms with van der Waals surface area (Å²) in [6.07, 6.45) is -4.61. The average molecular weight is 634 g/mol. The lowest BCUT2D eigenvalue weighted by atomic mass is 10.1. The van der Waals surface area contributed by atoms with Gasteiger partial charge in [-0.3, -0.25) is 23.5 Å². The van der Waals surface area contributed by atoms with E-state index in [0.29, 0.717) is 5.82 Å². The zero-order chi connectivity index (χ0) is 32.0. The molecule has 3 heterocycles. The van der Waals surface area contributed by atoms with Crippen molar-refractivity contribution in [1.29, 1.82) is 0 Å². The molecule has 1 fully saturated rings. The van der Waals surface area contributed by atoms with E-state index in [1.165, 1.54) is 43.6 Å². The van der Waals surface area contributed by atoms with Crippen LogP contribution in [0.2, 0.25) is 0 Å². The minimum atomic E-state index is -4.33. The highest BCUT2D eigenvalue weighted by atomic mass is 31.2. The van der Waals surface area contributed by atoms with Crippen LogP contribution in [0.5, 0.6) is 5.75 Å². The van der Waals surface area contributed by atoms with Gasteiger partial charge in [-0.1, -0.05) is 18.2 Å². The van der Waals surface area contributed by atoms with Crippen LogP contribution in [0.25, 0.3) is 0 Å². The maximum Gasteiger partial charge on any atom is 0.459 e. The fourth-order valence-corrected chi connectivity index (χ4v) is 5.63. The number of ether oxygens (including phenoxy) is 2. The Kier molecular flexibility index (Phi) is 10.6. The SMILES string of the molecule is Cc1nccc(C(=O)Nc2ccn([C@@H]3O[C@H](CO[P@@](=O)(N[C@@H](C)C(=O)OC(C)C)Oc4ccccc4)[C@@H](O)[C@H]3F)c(=O)c2)n1. The van der Waals surface area contributed by atoms with Crippen molar-refractivity contribution in [1.82, 2.24) is 19.6 Å². The summed E-state index contributed by atoms with van der Waals surface area (Å²) in [5.74, 6) is -0.758. The maximum absolute atomic E-state index is 15.2. The van der Waals surface area contributed by atoms with Gasteiger partial charge in [0.05, 0.1) is 12.7 Å². The van der Waals surface area contributed by atoms with E-state index in [4.69, 9.17) is 18.5 Å². The quantitative estimate of drug-likeness (QED) is 0.196. The first-order valence-electron chi connectivity index (χ1n) is 13.6. The summed E-state index contributed by atoms with van der Waals surface area (Å²) in [6, 6.07) is 10.7. The van der Waals surface area contributed by atoms with Gasteiger partial charge in [0, 0.05) is 24.1 Å². The number of alkyl halides is 1. The van der Waals surface area contributed by atoms with Crippen LogP contribution in [0.4, 0.5) is 10.1 Å². The minimum absolute atomic E-state index is 0.0878. The second-order valence-corrected chi connectivity index (χ2v) is 11.8. The molecule has 1 aromatic carbocycles. The molecule has 0 unspecified atom stereocenters. The summed E-state index contributed by atoms with van der Waals surface area (Å²) >= 11 is 0. The molecule has 0 aliphatic carbocycles. The van der Waals surface area contributed by atoms with Crippen molar-refractivity contribution in [2.75, 3.05) is 11.9 Å². The maximum atomic E-state index is 15.2. The van der Waals surface area contributed by atoms with Crippen molar-refractivity contribution in [2.45, 2.75) is 64.4 Å². The number of carbonyl (C=O) groups excluding carboxylic acids is 2. The van der Waals surface area contributed by atoms with E-state index in [0.717, 1.165) is 10.6 Å². The number of pyridine rings is 1. The number of amides is 1. The molecule has 1 aliphatic rings. The molecule has 2 aromatic heterocycles. The summed E-state index contributed by atoms with van der Waals surface area (Å²) in [5, 5.41) is 15.6. The lowest BCUT2D eigenvalue weighted by Gasteiger charge is -2.25. The predicted octanol–water partition coefficient (Wildman–Crippen LogP) is 2.93. The Balaban J connectivity index is 1.45. The van der Waals surface area contributed by atoms with Crippen molar-refractivity contribution < 1.29 is 42.2 Å². The first-order valence-corrected chi connectivity index (χ1v) is 15.2. The predicted molar refractivity (Wildman–Crippen MR) is 155 cm³/mol. The number of carbonyl (C=O) groups is 2. The molecular formula is C28H33FN5O9P. The number of rotatable bonds is 12. The Morgan fingerprint density at radius 2 is 1.91 bits per heavy atom. The van der Waals surface area contributed by atoms with Crippen LogP contribution < -0.4 is 20.5 Å². The van der Waals surface area contributed by atoms with Crippen molar-refractivity contribution in [3.8, 4) is 5.75 Å². The molecule has 3 aromatic rings. The second kappa shape index (κ2) is 14.2. The van der Waals surface area contributed by atoms with Crippen molar-refractivity contribution in [3.63, 3.8) is 0 Å². The summed E-state index contributed by atoms with van der Waals surface area (Å²) < 4.78 is 51.6. The van der Waals surface area contributed by atoms with Crippen LogP contribution >= 0.6 is 7.75 Å².